The molecular formula is C20H19NO4. The summed E-state index contributed by atoms with van der Waals surface area (Å²) in [6.07, 6.45) is 0. The fourth-order valence-corrected chi connectivity index (χ4v) is 2.58. The summed E-state index contributed by atoms with van der Waals surface area (Å²) in [5.41, 5.74) is 0.615. The lowest BCUT2D eigenvalue weighted by Gasteiger charge is -2.12. The molecule has 0 bridgehead atoms. The molecule has 128 valence electrons. The maximum atomic E-state index is 12.2. The van der Waals surface area contributed by atoms with E-state index >= 15 is 0 Å². The Labute approximate surface area is 146 Å². The Morgan fingerprint density at radius 1 is 0.880 bits per heavy atom. The van der Waals surface area contributed by atoms with Gasteiger partial charge in [-0.05, 0) is 23.6 Å². The van der Waals surface area contributed by atoms with Crippen molar-refractivity contribution in [1.29, 1.82) is 0 Å². The summed E-state index contributed by atoms with van der Waals surface area (Å²) in [7, 11) is 3.11. The maximum Gasteiger partial charge on any atom is 0.262 e. The Kier molecular flexibility index (Phi) is 5.04. The highest BCUT2D eigenvalue weighted by Gasteiger charge is 2.09. The number of methoxy groups -OCH3 is 2. The lowest BCUT2D eigenvalue weighted by atomic mass is 10.1. The summed E-state index contributed by atoms with van der Waals surface area (Å²) in [6.45, 7) is -0.0810. The minimum Gasteiger partial charge on any atom is -0.493 e. The number of nitrogens with one attached hydrogen (secondary N) is 1. The van der Waals surface area contributed by atoms with Gasteiger partial charge in [-0.3, -0.25) is 4.79 Å². The Hall–Kier alpha value is -3.21. The van der Waals surface area contributed by atoms with Crippen LogP contribution in [0.4, 0.5) is 5.69 Å². The Bertz CT molecular complexity index is 887. The quantitative estimate of drug-likeness (QED) is 0.742. The number of hydrogen-bond acceptors (Lipinski definition) is 4. The molecule has 0 aliphatic rings. The molecule has 0 aromatic heterocycles. The van der Waals surface area contributed by atoms with E-state index in [1.54, 1.807) is 32.4 Å². The van der Waals surface area contributed by atoms with Crippen LogP contribution in [0.2, 0.25) is 0 Å². The molecule has 0 atom stereocenters. The summed E-state index contributed by atoms with van der Waals surface area (Å²) in [6, 6.07) is 18.8. The van der Waals surface area contributed by atoms with E-state index in [0.29, 0.717) is 22.9 Å². The van der Waals surface area contributed by atoms with Crippen LogP contribution in [0, 0.1) is 0 Å². The predicted octanol–water partition coefficient (Wildman–Crippen LogP) is 3.87. The molecule has 3 aromatic carbocycles. The van der Waals surface area contributed by atoms with Crippen molar-refractivity contribution in [3.63, 3.8) is 0 Å². The van der Waals surface area contributed by atoms with E-state index in [-0.39, 0.29) is 12.5 Å². The second-order valence-electron chi connectivity index (χ2n) is 5.38. The highest BCUT2D eigenvalue weighted by atomic mass is 16.5. The second kappa shape index (κ2) is 7.57. The van der Waals surface area contributed by atoms with Crippen LogP contribution in [0.5, 0.6) is 17.2 Å². The number of carbonyl (C=O) groups excluding carboxylic acids is 1. The van der Waals surface area contributed by atoms with Crippen molar-refractivity contribution in [2.75, 3.05) is 26.1 Å². The SMILES string of the molecule is COc1ccc(NC(=O)COc2cccc3ccccc23)cc1OC. The van der Waals surface area contributed by atoms with Gasteiger partial charge in [0.25, 0.3) is 5.91 Å². The minimum atomic E-state index is -0.250. The number of rotatable bonds is 6. The number of fused-ring (bicyclic) bond motifs is 1. The zero-order valence-electron chi connectivity index (χ0n) is 14.1. The van der Waals surface area contributed by atoms with Gasteiger partial charge < -0.3 is 19.5 Å². The second-order valence-corrected chi connectivity index (χ2v) is 5.38. The van der Waals surface area contributed by atoms with E-state index in [0.717, 1.165) is 10.8 Å². The summed E-state index contributed by atoms with van der Waals surface area (Å²) in [4.78, 5) is 12.2. The van der Waals surface area contributed by atoms with Crippen molar-refractivity contribution >= 4 is 22.4 Å². The van der Waals surface area contributed by atoms with Crippen LogP contribution in [-0.2, 0) is 4.79 Å². The molecule has 0 aliphatic carbocycles. The zero-order chi connectivity index (χ0) is 17.6. The van der Waals surface area contributed by atoms with Gasteiger partial charge >= 0.3 is 0 Å². The lowest BCUT2D eigenvalue weighted by Crippen LogP contribution is -2.20. The molecule has 0 spiro atoms. The summed E-state index contributed by atoms with van der Waals surface area (Å²) < 4.78 is 16.1. The van der Waals surface area contributed by atoms with Crippen molar-refractivity contribution in [3.05, 3.63) is 60.7 Å². The normalized spacial score (nSPS) is 10.3. The van der Waals surface area contributed by atoms with Crippen molar-refractivity contribution < 1.29 is 19.0 Å². The van der Waals surface area contributed by atoms with Crippen LogP contribution >= 0.6 is 0 Å². The molecule has 25 heavy (non-hydrogen) atoms. The highest BCUT2D eigenvalue weighted by molar-refractivity contribution is 5.93. The van der Waals surface area contributed by atoms with Gasteiger partial charge in [0.15, 0.2) is 18.1 Å². The van der Waals surface area contributed by atoms with Crippen molar-refractivity contribution in [2.45, 2.75) is 0 Å². The molecule has 0 fully saturated rings. The first-order valence-corrected chi connectivity index (χ1v) is 7.83. The van der Waals surface area contributed by atoms with Crippen LogP contribution in [0.15, 0.2) is 60.7 Å². The number of hydrogen-bond donors (Lipinski definition) is 1. The van der Waals surface area contributed by atoms with Gasteiger partial charge in [0.05, 0.1) is 14.2 Å². The summed E-state index contributed by atoms with van der Waals surface area (Å²) in [5, 5.41) is 4.83. The number of benzene rings is 3. The van der Waals surface area contributed by atoms with E-state index in [1.807, 2.05) is 42.5 Å². The van der Waals surface area contributed by atoms with E-state index in [2.05, 4.69) is 5.32 Å². The Morgan fingerprint density at radius 3 is 2.44 bits per heavy atom. The first-order chi connectivity index (χ1) is 12.2. The van der Waals surface area contributed by atoms with Gasteiger partial charge in [-0.25, -0.2) is 0 Å². The fraction of sp³-hybridized carbons (Fsp3) is 0.150. The first-order valence-electron chi connectivity index (χ1n) is 7.83. The molecule has 0 saturated heterocycles. The molecular weight excluding hydrogens is 318 g/mol. The van der Waals surface area contributed by atoms with Crippen LogP contribution < -0.4 is 19.5 Å². The Morgan fingerprint density at radius 2 is 1.64 bits per heavy atom. The molecule has 3 rings (SSSR count). The molecule has 0 aliphatic heterocycles. The van der Waals surface area contributed by atoms with Gasteiger partial charge in [-0.15, -0.1) is 0 Å². The topological polar surface area (TPSA) is 56.8 Å². The average molecular weight is 337 g/mol. The number of ether oxygens (including phenoxy) is 3. The number of carbonyl (C=O) groups is 1. The van der Waals surface area contributed by atoms with Crippen LogP contribution in [0.1, 0.15) is 0 Å². The first kappa shape index (κ1) is 16.6. The number of amides is 1. The monoisotopic (exact) mass is 337 g/mol. The predicted molar refractivity (Wildman–Crippen MR) is 97.6 cm³/mol. The van der Waals surface area contributed by atoms with Crippen molar-refractivity contribution in [3.8, 4) is 17.2 Å². The Balaban J connectivity index is 1.67. The van der Waals surface area contributed by atoms with E-state index in [4.69, 9.17) is 14.2 Å². The van der Waals surface area contributed by atoms with Crippen molar-refractivity contribution in [2.24, 2.45) is 0 Å². The van der Waals surface area contributed by atoms with Gasteiger partial charge in [0.1, 0.15) is 5.75 Å². The molecule has 1 amide bonds. The fourth-order valence-electron chi connectivity index (χ4n) is 2.58. The maximum absolute atomic E-state index is 12.2. The van der Waals surface area contributed by atoms with Crippen LogP contribution in [0.25, 0.3) is 10.8 Å². The number of anilines is 1. The van der Waals surface area contributed by atoms with E-state index in [1.165, 1.54) is 0 Å². The van der Waals surface area contributed by atoms with Gasteiger partial charge in [0, 0.05) is 17.1 Å². The third-order valence-electron chi connectivity index (χ3n) is 3.78. The van der Waals surface area contributed by atoms with E-state index < -0.39 is 0 Å². The zero-order valence-corrected chi connectivity index (χ0v) is 14.1. The molecule has 0 unspecified atom stereocenters. The summed E-state index contributed by atoms with van der Waals surface area (Å²) in [5.74, 6) is 1.59. The molecule has 0 heterocycles. The van der Waals surface area contributed by atoms with Gasteiger partial charge in [-0.2, -0.15) is 0 Å². The summed E-state index contributed by atoms with van der Waals surface area (Å²) >= 11 is 0. The largest absolute Gasteiger partial charge is 0.493 e. The van der Waals surface area contributed by atoms with Crippen LogP contribution in [0.3, 0.4) is 0 Å². The third kappa shape index (κ3) is 3.83. The van der Waals surface area contributed by atoms with Gasteiger partial charge in [0.2, 0.25) is 0 Å². The van der Waals surface area contributed by atoms with Crippen LogP contribution in [-0.4, -0.2) is 26.7 Å². The smallest absolute Gasteiger partial charge is 0.262 e. The third-order valence-corrected chi connectivity index (χ3v) is 3.78. The molecule has 3 aromatic rings. The average Bonchev–Trinajstić information content (AvgIpc) is 2.66. The lowest BCUT2D eigenvalue weighted by molar-refractivity contribution is -0.118. The highest BCUT2D eigenvalue weighted by Crippen LogP contribution is 2.30. The molecule has 0 saturated carbocycles. The molecule has 0 radical (unpaired) electrons. The standard InChI is InChI=1S/C20H19NO4/c1-23-18-11-10-15(12-19(18)24-2)21-20(22)13-25-17-9-5-7-14-6-3-4-8-16(14)17/h3-12H,13H2,1-2H3,(H,21,22). The van der Waals surface area contributed by atoms with Gasteiger partial charge in [-0.1, -0.05) is 36.4 Å². The van der Waals surface area contributed by atoms with Crippen molar-refractivity contribution in [1.82, 2.24) is 0 Å². The molecule has 5 nitrogen and oxygen atoms in total. The minimum absolute atomic E-state index is 0.0810. The van der Waals surface area contributed by atoms with E-state index in [9.17, 15) is 4.79 Å². The molecule has 5 heteroatoms. The molecule has 1 N–H and O–H groups in total.